The van der Waals surface area contributed by atoms with E-state index in [9.17, 15) is 38.4 Å². The molecule has 0 unspecified atom stereocenters. The van der Waals surface area contributed by atoms with E-state index in [4.69, 9.17) is 18.9 Å². The molecule has 3 N–H and O–H groups in total. The Labute approximate surface area is 402 Å². The number of benzene rings is 1. The maximum Gasteiger partial charge on any atom is 0.410 e. The largest absolute Gasteiger partial charge is 0.469 e. The number of aromatic nitrogens is 1. The summed E-state index contributed by atoms with van der Waals surface area (Å²) >= 11 is 0. The molecule has 5 atom stereocenters. The van der Waals surface area contributed by atoms with Gasteiger partial charge in [0, 0.05) is 62.1 Å². The summed E-state index contributed by atoms with van der Waals surface area (Å²) in [4.78, 5) is 111. The van der Waals surface area contributed by atoms with Gasteiger partial charge in [-0.3, -0.25) is 33.7 Å². The van der Waals surface area contributed by atoms with Gasteiger partial charge in [0.15, 0.2) is 0 Å². The summed E-state index contributed by atoms with van der Waals surface area (Å²) in [5.74, 6) is -4.88. The molecule has 18 nitrogen and oxygen atoms in total. The third-order valence-electron chi connectivity index (χ3n) is 11.6. The van der Waals surface area contributed by atoms with E-state index in [1.165, 1.54) is 30.9 Å². The minimum Gasteiger partial charge on any atom is -0.469 e. The quantitative estimate of drug-likeness (QED) is 0.0759. The Hall–Kier alpha value is -5.94. The summed E-state index contributed by atoms with van der Waals surface area (Å²) in [5, 5.41) is 9.13. The number of amides is 5. The van der Waals surface area contributed by atoms with E-state index in [-0.39, 0.29) is 50.4 Å². The molecule has 1 aromatic heterocycles. The zero-order valence-electron chi connectivity index (χ0n) is 43.4. The number of nitrogens with zero attached hydrogens (tertiary/aromatic N) is 3. The first-order valence-corrected chi connectivity index (χ1v) is 23.2. The average molecular weight is 955 g/mol. The summed E-state index contributed by atoms with van der Waals surface area (Å²) in [6, 6.07) is 2.13. The Bertz CT molecular complexity index is 2150. The SMILES string of the molecule is CCOC(=O)CC[C@@H](NC(=O)[C@@H](CCC(=O)OC)NC(=O)/C(C)=C/[C@H](C(C)C)N(C)C(=O)[C@@H](NC(=O)[C@@H](N(C)C(=O)OC(C)(C)C)C(C)(C)c1cn(C)c2ccccc12)C(C)(C)C)C(=O)OCC. The number of para-hydroxylation sites is 1. The van der Waals surface area contributed by atoms with Crippen LogP contribution in [0.1, 0.15) is 121 Å². The fourth-order valence-electron chi connectivity index (χ4n) is 7.90. The van der Waals surface area contributed by atoms with Crippen LogP contribution in [-0.2, 0) is 65.0 Å². The lowest BCUT2D eigenvalue weighted by Gasteiger charge is -2.42. The van der Waals surface area contributed by atoms with Crippen LogP contribution in [0.3, 0.4) is 0 Å². The van der Waals surface area contributed by atoms with Gasteiger partial charge in [0.25, 0.3) is 0 Å². The predicted octanol–water partition coefficient (Wildman–Crippen LogP) is 5.48. The Morgan fingerprint density at radius 2 is 1.34 bits per heavy atom. The lowest BCUT2D eigenvalue weighted by molar-refractivity contribution is -0.149. The van der Waals surface area contributed by atoms with E-state index in [1.54, 1.807) is 47.7 Å². The highest BCUT2D eigenvalue weighted by Gasteiger charge is 2.47. The number of likely N-dealkylation sites (N-methyl/N-ethyl adjacent to an activating group) is 2. The van der Waals surface area contributed by atoms with Crippen molar-refractivity contribution in [1.29, 1.82) is 0 Å². The molecule has 0 saturated heterocycles. The number of hydrogen-bond acceptors (Lipinski definition) is 12. The molecule has 380 valence electrons. The van der Waals surface area contributed by atoms with Crippen LogP contribution in [0.5, 0.6) is 0 Å². The molecule has 2 aromatic rings. The van der Waals surface area contributed by atoms with E-state index in [0.717, 1.165) is 16.5 Å². The first kappa shape index (κ1) is 58.2. The van der Waals surface area contributed by atoms with Crippen LogP contribution >= 0.6 is 0 Å². The highest BCUT2D eigenvalue weighted by atomic mass is 16.6. The van der Waals surface area contributed by atoms with Crippen LogP contribution in [0.4, 0.5) is 4.79 Å². The van der Waals surface area contributed by atoms with E-state index in [0.29, 0.717) is 0 Å². The van der Waals surface area contributed by atoms with Gasteiger partial charge in [-0.2, -0.15) is 0 Å². The third kappa shape index (κ3) is 16.1. The number of hydrogen-bond donors (Lipinski definition) is 3. The van der Waals surface area contributed by atoms with Crippen LogP contribution in [0.25, 0.3) is 10.9 Å². The molecule has 0 aliphatic carbocycles. The first-order valence-electron chi connectivity index (χ1n) is 23.2. The fraction of sp³-hybridized carbons (Fsp3) is 0.640. The van der Waals surface area contributed by atoms with Gasteiger partial charge in [-0.15, -0.1) is 0 Å². The Morgan fingerprint density at radius 3 is 1.88 bits per heavy atom. The third-order valence-corrected chi connectivity index (χ3v) is 11.6. The summed E-state index contributed by atoms with van der Waals surface area (Å²) in [7, 11) is 6.17. The van der Waals surface area contributed by atoms with Crippen molar-refractivity contribution in [3.05, 3.63) is 47.7 Å². The van der Waals surface area contributed by atoms with Crippen molar-refractivity contribution in [1.82, 2.24) is 30.3 Å². The highest BCUT2D eigenvalue weighted by Crippen LogP contribution is 2.37. The molecule has 0 radical (unpaired) electrons. The second kappa shape index (κ2) is 24.9. The number of methoxy groups -OCH3 is 1. The molecule has 0 fully saturated rings. The Balaban J connectivity index is 2.55. The minimum atomic E-state index is -1.34. The molecular formula is C50H78N6O12. The average Bonchev–Trinajstić information content (AvgIpc) is 3.59. The lowest BCUT2D eigenvalue weighted by atomic mass is 9.76. The maximum atomic E-state index is 15.0. The summed E-state index contributed by atoms with van der Waals surface area (Å²) in [6.45, 7) is 23.0. The number of nitrogens with one attached hydrogen (secondary N) is 3. The molecule has 68 heavy (non-hydrogen) atoms. The molecular weight excluding hydrogens is 877 g/mol. The fourth-order valence-corrected chi connectivity index (χ4v) is 7.90. The molecule has 0 spiro atoms. The van der Waals surface area contributed by atoms with E-state index < -0.39 is 94.3 Å². The molecule has 18 heteroatoms. The smallest absolute Gasteiger partial charge is 0.410 e. The van der Waals surface area contributed by atoms with Crippen molar-refractivity contribution in [3.8, 4) is 0 Å². The standard InChI is InChI=1S/C50H78N6O12/c1-18-66-39(58)27-25-35(46(63)67-19-2)52-43(60)34(24-26-38(57)65-17)51-42(59)31(5)28-37(30(3)4)55(15)45(62)40(48(6,7)8)53-44(61)41(56(16)47(64)68-49(9,10)11)50(12,13)33-29-54(14)36-23-21-20-22-32(33)36/h20-23,28-30,34-35,37,40-41H,18-19,24-27H2,1-17H3,(H,51,59)(H,52,60)(H,53,61)/b31-28+/t34-,35-,37-,40-,41-/m1/s1. The monoisotopic (exact) mass is 955 g/mol. The number of ether oxygens (including phenoxy) is 4. The van der Waals surface area contributed by atoms with E-state index >= 15 is 0 Å². The van der Waals surface area contributed by atoms with Gasteiger partial charge in [0.05, 0.1) is 26.4 Å². The number of carbonyl (C=O) groups excluding carboxylic acids is 8. The molecule has 5 amide bonds. The van der Waals surface area contributed by atoms with Crippen LogP contribution in [0, 0.1) is 11.3 Å². The second-order valence-corrected chi connectivity index (χ2v) is 20.0. The van der Waals surface area contributed by atoms with Crippen LogP contribution in [0.15, 0.2) is 42.1 Å². The van der Waals surface area contributed by atoms with Crippen molar-refractivity contribution in [2.45, 2.75) is 157 Å². The number of rotatable bonds is 22. The van der Waals surface area contributed by atoms with E-state index in [1.807, 2.05) is 90.5 Å². The first-order chi connectivity index (χ1) is 31.4. The summed E-state index contributed by atoms with van der Waals surface area (Å²) in [6.07, 6.45) is 1.99. The van der Waals surface area contributed by atoms with Gasteiger partial charge in [-0.05, 0) is 77.3 Å². The Morgan fingerprint density at radius 1 is 0.765 bits per heavy atom. The predicted molar refractivity (Wildman–Crippen MR) is 258 cm³/mol. The van der Waals surface area contributed by atoms with Crippen molar-refractivity contribution >= 4 is 58.5 Å². The molecule has 0 aliphatic rings. The van der Waals surface area contributed by atoms with Gasteiger partial charge in [0.2, 0.25) is 23.6 Å². The minimum absolute atomic E-state index is 0.00394. The molecule has 2 rings (SSSR count). The number of fused-ring (bicyclic) bond motifs is 1. The summed E-state index contributed by atoms with van der Waals surface area (Å²) < 4.78 is 22.6. The van der Waals surface area contributed by atoms with E-state index in [2.05, 4.69) is 16.0 Å². The highest BCUT2D eigenvalue weighted by molar-refractivity contribution is 5.98. The van der Waals surface area contributed by atoms with Gasteiger partial charge in [0.1, 0.15) is 29.8 Å². The van der Waals surface area contributed by atoms with Gasteiger partial charge < -0.3 is 44.4 Å². The van der Waals surface area contributed by atoms with Crippen molar-refractivity contribution < 1.29 is 57.3 Å². The molecule has 1 aromatic carbocycles. The van der Waals surface area contributed by atoms with Crippen LogP contribution < -0.4 is 16.0 Å². The lowest BCUT2D eigenvalue weighted by Crippen LogP contribution is -2.63. The molecule has 1 heterocycles. The van der Waals surface area contributed by atoms with Crippen molar-refractivity contribution in [2.75, 3.05) is 34.4 Å². The van der Waals surface area contributed by atoms with Gasteiger partial charge in [-0.1, -0.05) is 72.7 Å². The molecule has 0 aliphatic heterocycles. The normalized spacial score (nSPS) is 14.4. The number of carbonyl (C=O) groups is 8. The number of aryl methyl sites for hydroxylation is 1. The van der Waals surface area contributed by atoms with Crippen molar-refractivity contribution in [3.63, 3.8) is 0 Å². The Kier molecular flexibility index (Phi) is 21.3. The summed E-state index contributed by atoms with van der Waals surface area (Å²) in [5.41, 5.74) is -0.909. The zero-order chi connectivity index (χ0) is 52.1. The molecule has 0 bridgehead atoms. The van der Waals surface area contributed by atoms with Crippen molar-refractivity contribution in [2.24, 2.45) is 18.4 Å². The maximum absolute atomic E-state index is 15.0. The zero-order valence-corrected chi connectivity index (χ0v) is 43.4. The van der Waals surface area contributed by atoms with Crippen LogP contribution in [0.2, 0.25) is 0 Å². The topological polar surface area (TPSA) is 221 Å². The second-order valence-electron chi connectivity index (χ2n) is 20.0. The van der Waals surface area contributed by atoms with Crippen LogP contribution in [-0.4, -0.2) is 132 Å². The number of esters is 3. The van der Waals surface area contributed by atoms with Gasteiger partial charge >= 0.3 is 24.0 Å². The van der Waals surface area contributed by atoms with Gasteiger partial charge in [-0.25, -0.2) is 9.59 Å². The molecule has 0 saturated carbocycles.